The Bertz CT molecular complexity index is 360. The summed E-state index contributed by atoms with van der Waals surface area (Å²) >= 11 is 0. The number of rotatable bonds is 7. The van der Waals surface area contributed by atoms with Crippen LogP contribution in [0.4, 0.5) is 0 Å². The molecule has 0 fully saturated rings. The zero-order valence-electron chi connectivity index (χ0n) is 8.56. The van der Waals surface area contributed by atoms with Crippen molar-refractivity contribution in [2.24, 2.45) is 0 Å². The van der Waals surface area contributed by atoms with Gasteiger partial charge in [0.15, 0.2) is 0 Å². The van der Waals surface area contributed by atoms with Crippen LogP contribution in [0.2, 0.25) is 0 Å². The fourth-order valence-electron chi connectivity index (χ4n) is 1.04. The Morgan fingerprint density at radius 1 is 1.60 bits per heavy atom. The van der Waals surface area contributed by atoms with E-state index < -0.39 is 10.0 Å². The predicted molar refractivity (Wildman–Crippen MR) is 55.7 cm³/mol. The lowest BCUT2D eigenvalue weighted by atomic mass is 10.4. The quantitative estimate of drug-likeness (QED) is 0.642. The summed E-state index contributed by atoms with van der Waals surface area (Å²) in [6.45, 7) is 0.695. The molecule has 0 bridgehead atoms. The molecule has 6 nitrogen and oxygen atoms in total. The average Bonchev–Trinajstić information content (AvgIpc) is 2.68. The molecule has 1 aromatic rings. The minimum absolute atomic E-state index is 0.0784. The molecule has 0 aromatic carbocycles. The number of hydrogen-bond acceptors (Lipinski definition) is 4. The summed E-state index contributed by atoms with van der Waals surface area (Å²) in [5.41, 5.74) is 0.741. The Hall–Kier alpha value is -0.920. The summed E-state index contributed by atoms with van der Waals surface area (Å²) in [4.78, 5) is 0. The van der Waals surface area contributed by atoms with E-state index in [4.69, 9.17) is 4.74 Å². The number of aromatic nitrogens is 2. The van der Waals surface area contributed by atoms with E-state index in [-0.39, 0.29) is 12.3 Å². The Morgan fingerprint density at radius 3 is 3.00 bits per heavy atom. The number of methoxy groups -OCH3 is 1. The molecule has 0 aliphatic heterocycles. The van der Waals surface area contributed by atoms with Crippen molar-refractivity contribution in [1.29, 1.82) is 0 Å². The highest BCUT2D eigenvalue weighted by atomic mass is 32.2. The van der Waals surface area contributed by atoms with Crippen molar-refractivity contribution in [2.75, 3.05) is 19.5 Å². The molecule has 1 heterocycles. The number of aromatic amines is 1. The third-order valence-electron chi connectivity index (χ3n) is 1.80. The highest BCUT2D eigenvalue weighted by Gasteiger charge is 2.09. The van der Waals surface area contributed by atoms with Crippen molar-refractivity contribution in [3.63, 3.8) is 0 Å². The molecule has 0 atom stereocenters. The molecule has 1 aromatic heterocycles. The first-order valence-corrected chi connectivity index (χ1v) is 6.24. The molecule has 2 N–H and O–H groups in total. The van der Waals surface area contributed by atoms with Gasteiger partial charge in [-0.2, -0.15) is 5.10 Å². The van der Waals surface area contributed by atoms with Gasteiger partial charge in [0.2, 0.25) is 10.0 Å². The van der Waals surface area contributed by atoms with E-state index in [9.17, 15) is 8.42 Å². The number of hydrogen-bond donors (Lipinski definition) is 2. The predicted octanol–water partition coefficient (Wildman–Crippen LogP) is -0.134. The lowest BCUT2D eigenvalue weighted by molar-refractivity contribution is 0.199. The molecule has 7 heteroatoms. The van der Waals surface area contributed by atoms with Crippen LogP contribution in [0.1, 0.15) is 12.1 Å². The van der Waals surface area contributed by atoms with Crippen LogP contribution in [0.5, 0.6) is 0 Å². The van der Waals surface area contributed by atoms with Crippen LogP contribution in [0.25, 0.3) is 0 Å². The first-order chi connectivity index (χ1) is 7.14. The van der Waals surface area contributed by atoms with Gasteiger partial charge < -0.3 is 4.74 Å². The number of ether oxygens (including phenoxy) is 1. The largest absolute Gasteiger partial charge is 0.385 e. The SMILES string of the molecule is COCCCS(=O)(=O)NCc1ccn[nH]1. The fraction of sp³-hybridized carbons (Fsp3) is 0.625. The molecule has 86 valence electrons. The van der Waals surface area contributed by atoms with Crippen LogP contribution in [0, 0.1) is 0 Å². The third kappa shape index (κ3) is 4.91. The number of nitrogens with one attached hydrogen (secondary N) is 2. The van der Waals surface area contributed by atoms with Crippen LogP contribution >= 0.6 is 0 Å². The lowest BCUT2D eigenvalue weighted by Gasteiger charge is -2.04. The standard InChI is InChI=1S/C8H15N3O3S/c1-14-5-2-6-15(12,13)10-7-8-3-4-9-11-8/h3-4,10H,2,5-7H2,1H3,(H,9,11). The van der Waals surface area contributed by atoms with Gasteiger partial charge in [-0.15, -0.1) is 0 Å². The molecule has 0 amide bonds. The molecular weight excluding hydrogens is 218 g/mol. The lowest BCUT2D eigenvalue weighted by Crippen LogP contribution is -2.26. The summed E-state index contributed by atoms with van der Waals surface area (Å²) in [6.07, 6.45) is 2.07. The molecule has 0 aliphatic rings. The van der Waals surface area contributed by atoms with Gasteiger partial charge in [-0.1, -0.05) is 0 Å². The van der Waals surface area contributed by atoms with E-state index in [2.05, 4.69) is 14.9 Å². The van der Waals surface area contributed by atoms with E-state index in [0.717, 1.165) is 5.69 Å². The van der Waals surface area contributed by atoms with Gasteiger partial charge in [0.1, 0.15) is 0 Å². The van der Waals surface area contributed by atoms with Gasteiger partial charge in [-0.05, 0) is 12.5 Å². The highest BCUT2D eigenvalue weighted by molar-refractivity contribution is 7.89. The average molecular weight is 233 g/mol. The normalized spacial score (nSPS) is 11.8. The molecule has 0 aliphatic carbocycles. The second-order valence-electron chi connectivity index (χ2n) is 3.07. The summed E-state index contributed by atoms with van der Waals surface area (Å²) in [6, 6.07) is 1.72. The molecule has 1 rings (SSSR count). The maximum Gasteiger partial charge on any atom is 0.212 e. The van der Waals surface area contributed by atoms with Gasteiger partial charge in [0.05, 0.1) is 18.0 Å². The van der Waals surface area contributed by atoms with Gasteiger partial charge in [-0.25, -0.2) is 13.1 Å². The van der Waals surface area contributed by atoms with Crippen LogP contribution in [-0.2, 0) is 21.3 Å². The van der Waals surface area contributed by atoms with Crippen molar-refractivity contribution in [2.45, 2.75) is 13.0 Å². The minimum Gasteiger partial charge on any atom is -0.385 e. The van der Waals surface area contributed by atoms with E-state index in [1.165, 1.54) is 0 Å². The minimum atomic E-state index is -3.21. The first kappa shape index (κ1) is 12.2. The maximum atomic E-state index is 11.4. The van der Waals surface area contributed by atoms with E-state index >= 15 is 0 Å². The van der Waals surface area contributed by atoms with Crippen LogP contribution in [0.3, 0.4) is 0 Å². The monoisotopic (exact) mass is 233 g/mol. The fourth-order valence-corrected chi connectivity index (χ4v) is 2.05. The van der Waals surface area contributed by atoms with Crippen molar-refractivity contribution in [1.82, 2.24) is 14.9 Å². The summed E-state index contributed by atoms with van der Waals surface area (Å²) in [5.74, 6) is 0.0784. The van der Waals surface area contributed by atoms with Crippen LogP contribution in [0.15, 0.2) is 12.3 Å². The number of sulfonamides is 1. The van der Waals surface area contributed by atoms with Gasteiger partial charge >= 0.3 is 0 Å². The number of nitrogens with zero attached hydrogens (tertiary/aromatic N) is 1. The number of H-pyrrole nitrogens is 1. The first-order valence-electron chi connectivity index (χ1n) is 4.58. The second kappa shape index (κ2) is 5.84. The molecule has 0 unspecified atom stereocenters. The van der Waals surface area contributed by atoms with E-state index in [0.29, 0.717) is 13.0 Å². The van der Waals surface area contributed by atoms with Crippen molar-refractivity contribution in [3.05, 3.63) is 18.0 Å². The third-order valence-corrected chi connectivity index (χ3v) is 3.21. The second-order valence-corrected chi connectivity index (χ2v) is 4.99. The summed E-state index contributed by atoms with van der Waals surface area (Å²) in [5, 5.41) is 6.39. The Kier molecular flexibility index (Phi) is 4.73. The maximum absolute atomic E-state index is 11.4. The zero-order chi connectivity index (χ0) is 11.1. The van der Waals surface area contributed by atoms with Gasteiger partial charge in [0, 0.05) is 19.9 Å². The Balaban J connectivity index is 2.30. The molecule has 0 spiro atoms. The van der Waals surface area contributed by atoms with E-state index in [1.54, 1.807) is 19.4 Å². The highest BCUT2D eigenvalue weighted by Crippen LogP contribution is 1.95. The van der Waals surface area contributed by atoms with Crippen molar-refractivity contribution < 1.29 is 13.2 Å². The topological polar surface area (TPSA) is 84.1 Å². The summed E-state index contributed by atoms with van der Waals surface area (Å²) < 4.78 is 30.0. The Labute approximate surface area is 89.1 Å². The molecule has 0 saturated heterocycles. The van der Waals surface area contributed by atoms with Crippen LogP contribution < -0.4 is 4.72 Å². The molecule has 15 heavy (non-hydrogen) atoms. The van der Waals surface area contributed by atoms with E-state index in [1.807, 2.05) is 0 Å². The molecule has 0 radical (unpaired) electrons. The van der Waals surface area contributed by atoms with Crippen LogP contribution in [-0.4, -0.2) is 38.1 Å². The zero-order valence-corrected chi connectivity index (χ0v) is 9.38. The Morgan fingerprint density at radius 2 is 2.40 bits per heavy atom. The van der Waals surface area contributed by atoms with Crippen molar-refractivity contribution in [3.8, 4) is 0 Å². The van der Waals surface area contributed by atoms with Gasteiger partial charge in [0.25, 0.3) is 0 Å². The molecular formula is C8H15N3O3S. The smallest absolute Gasteiger partial charge is 0.212 e. The van der Waals surface area contributed by atoms with Crippen molar-refractivity contribution >= 4 is 10.0 Å². The van der Waals surface area contributed by atoms with Gasteiger partial charge in [-0.3, -0.25) is 5.10 Å². The summed E-state index contributed by atoms with van der Waals surface area (Å²) in [7, 11) is -1.66. The molecule has 0 saturated carbocycles.